The van der Waals surface area contributed by atoms with E-state index in [9.17, 15) is 22.0 Å². The number of carbonyl (C=O) groups is 1. The van der Waals surface area contributed by atoms with Crippen LogP contribution in [-0.2, 0) is 16.4 Å². The standard InChI is InChI=1S/C18H17ClF2N2O4S/c1-10-7-12-8-11(3-5-15(12)23(10)28(2,25)26)17(24)22-13-4-6-16(14(19)9-13)27-18(20)21/h3-6,8-10,18H,7H2,1-2H3,(H,22,24). The molecule has 1 aliphatic heterocycles. The highest BCUT2D eigenvalue weighted by Crippen LogP contribution is 2.35. The molecule has 0 bridgehead atoms. The summed E-state index contributed by atoms with van der Waals surface area (Å²) in [5.41, 5.74) is 1.96. The smallest absolute Gasteiger partial charge is 0.387 e. The van der Waals surface area contributed by atoms with Gasteiger partial charge >= 0.3 is 6.61 Å². The maximum absolute atomic E-state index is 12.5. The van der Waals surface area contributed by atoms with Crippen molar-refractivity contribution in [2.24, 2.45) is 0 Å². The number of rotatable bonds is 5. The van der Waals surface area contributed by atoms with Crippen molar-refractivity contribution in [3.63, 3.8) is 0 Å². The van der Waals surface area contributed by atoms with Crippen molar-refractivity contribution in [1.82, 2.24) is 0 Å². The second-order valence-electron chi connectivity index (χ2n) is 6.43. The Kier molecular flexibility index (Phi) is 5.49. The number of nitrogens with zero attached hydrogens (tertiary/aromatic N) is 1. The molecular formula is C18H17ClF2N2O4S. The average Bonchev–Trinajstić information content (AvgIpc) is 2.91. The number of nitrogens with one attached hydrogen (secondary N) is 1. The highest BCUT2D eigenvalue weighted by molar-refractivity contribution is 7.92. The van der Waals surface area contributed by atoms with Crippen molar-refractivity contribution < 1.29 is 26.7 Å². The van der Waals surface area contributed by atoms with Gasteiger partial charge in [-0.1, -0.05) is 11.6 Å². The summed E-state index contributed by atoms with van der Waals surface area (Å²) in [6.07, 6.45) is 1.64. The van der Waals surface area contributed by atoms with Crippen LogP contribution in [0.3, 0.4) is 0 Å². The molecule has 1 amide bonds. The lowest BCUT2D eigenvalue weighted by molar-refractivity contribution is -0.0497. The van der Waals surface area contributed by atoms with E-state index in [1.54, 1.807) is 19.1 Å². The molecule has 1 N–H and O–H groups in total. The molecule has 0 saturated carbocycles. The second-order valence-corrected chi connectivity index (χ2v) is 8.70. The molecule has 1 aliphatic rings. The fraction of sp³-hybridized carbons (Fsp3) is 0.278. The van der Waals surface area contributed by atoms with Gasteiger partial charge in [0.25, 0.3) is 5.91 Å². The monoisotopic (exact) mass is 430 g/mol. The predicted octanol–water partition coefficient (Wildman–Crippen LogP) is 3.90. The summed E-state index contributed by atoms with van der Waals surface area (Å²) in [4.78, 5) is 12.5. The largest absolute Gasteiger partial charge is 0.433 e. The molecule has 1 unspecified atom stereocenters. The highest BCUT2D eigenvalue weighted by atomic mass is 35.5. The van der Waals surface area contributed by atoms with Gasteiger partial charge in [-0.2, -0.15) is 8.78 Å². The number of fused-ring (bicyclic) bond motifs is 1. The van der Waals surface area contributed by atoms with Crippen LogP contribution in [0.5, 0.6) is 5.75 Å². The molecule has 0 radical (unpaired) electrons. The number of halogens is 3. The minimum atomic E-state index is -3.41. The van der Waals surface area contributed by atoms with Crippen LogP contribution in [0.15, 0.2) is 36.4 Å². The van der Waals surface area contributed by atoms with Crippen LogP contribution in [0.25, 0.3) is 0 Å². The number of hydrogen-bond donors (Lipinski definition) is 1. The average molecular weight is 431 g/mol. The van der Waals surface area contributed by atoms with Gasteiger partial charge in [0.15, 0.2) is 0 Å². The Hall–Kier alpha value is -2.39. The third kappa shape index (κ3) is 4.20. The summed E-state index contributed by atoms with van der Waals surface area (Å²) in [7, 11) is -3.41. The normalized spacial score (nSPS) is 16.2. The number of ether oxygens (including phenoxy) is 1. The Labute approximate surface area is 166 Å². The van der Waals surface area contributed by atoms with Crippen molar-refractivity contribution in [1.29, 1.82) is 0 Å². The number of sulfonamides is 1. The second kappa shape index (κ2) is 7.56. The van der Waals surface area contributed by atoms with E-state index >= 15 is 0 Å². The van der Waals surface area contributed by atoms with E-state index in [-0.39, 0.29) is 16.8 Å². The highest BCUT2D eigenvalue weighted by Gasteiger charge is 2.32. The first kappa shape index (κ1) is 20.3. The third-order valence-electron chi connectivity index (χ3n) is 4.26. The van der Waals surface area contributed by atoms with E-state index in [1.807, 2.05) is 0 Å². The SMILES string of the molecule is CC1Cc2cc(C(=O)Nc3ccc(OC(F)F)c(Cl)c3)ccc2N1S(C)(=O)=O. The topological polar surface area (TPSA) is 75.7 Å². The van der Waals surface area contributed by atoms with Crippen molar-refractivity contribution in [2.45, 2.75) is 26.0 Å². The number of alkyl halides is 2. The van der Waals surface area contributed by atoms with E-state index in [4.69, 9.17) is 11.6 Å². The van der Waals surface area contributed by atoms with Gasteiger partial charge in [0, 0.05) is 17.3 Å². The van der Waals surface area contributed by atoms with Crippen molar-refractivity contribution >= 4 is 38.9 Å². The van der Waals surface area contributed by atoms with Gasteiger partial charge < -0.3 is 10.1 Å². The van der Waals surface area contributed by atoms with Crippen molar-refractivity contribution in [3.05, 3.63) is 52.5 Å². The Bertz CT molecular complexity index is 1030. The molecule has 0 spiro atoms. The molecule has 150 valence electrons. The molecule has 3 rings (SSSR count). The first-order valence-corrected chi connectivity index (χ1v) is 10.5. The molecule has 0 aromatic heterocycles. The lowest BCUT2D eigenvalue weighted by Gasteiger charge is -2.21. The van der Waals surface area contributed by atoms with Crippen LogP contribution >= 0.6 is 11.6 Å². The van der Waals surface area contributed by atoms with Gasteiger partial charge in [-0.3, -0.25) is 9.10 Å². The summed E-state index contributed by atoms with van der Waals surface area (Å²) >= 11 is 5.88. The van der Waals surface area contributed by atoms with Crippen LogP contribution in [-0.4, -0.2) is 33.2 Å². The number of amides is 1. The minimum absolute atomic E-state index is 0.0651. The molecule has 6 nitrogen and oxygen atoms in total. The lowest BCUT2D eigenvalue weighted by atomic mass is 10.1. The van der Waals surface area contributed by atoms with Gasteiger partial charge in [-0.25, -0.2) is 8.42 Å². The number of benzene rings is 2. The Morgan fingerprint density at radius 1 is 1.29 bits per heavy atom. The first-order valence-electron chi connectivity index (χ1n) is 8.24. The number of carbonyl (C=O) groups excluding carboxylic acids is 1. The Morgan fingerprint density at radius 3 is 2.61 bits per heavy atom. The molecule has 0 aliphatic carbocycles. The molecule has 2 aromatic carbocycles. The van der Waals surface area contributed by atoms with Gasteiger partial charge in [-0.05, 0) is 55.3 Å². The summed E-state index contributed by atoms with van der Waals surface area (Å²) in [5, 5.41) is 2.56. The fourth-order valence-corrected chi connectivity index (χ4v) is 4.71. The van der Waals surface area contributed by atoms with Gasteiger partial charge in [0.05, 0.1) is 17.0 Å². The van der Waals surface area contributed by atoms with Crippen LogP contribution < -0.4 is 14.4 Å². The van der Waals surface area contributed by atoms with Gasteiger partial charge in [-0.15, -0.1) is 0 Å². The zero-order valence-corrected chi connectivity index (χ0v) is 16.5. The number of anilines is 2. The van der Waals surface area contributed by atoms with E-state index in [0.29, 0.717) is 23.4 Å². The van der Waals surface area contributed by atoms with Gasteiger partial charge in [0.1, 0.15) is 5.75 Å². The molecular weight excluding hydrogens is 414 g/mol. The lowest BCUT2D eigenvalue weighted by Crippen LogP contribution is -2.34. The zero-order valence-electron chi connectivity index (χ0n) is 14.9. The van der Waals surface area contributed by atoms with E-state index in [0.717, 1.165) is 11.8 Å². The molecule has 0 saturated heterocycles. The molecule has 28 heavy (non-hydrogen) atoms. The van der Waals surface area contributed by atoms with Gasteiger partial charge in [0.2, 0.25) is 10.0 Å². The fourth-order valence-electron chi connectivity index (χ4n) is 3.22. The Balaban J connectivity index is 1.80. The van der Waals surface area contributed by atoms with E-state index < -0.39 is 22.5 Å². The minimum Gasteiger partial charge on any atom is -0.433 e. The molecule has 2 aromatic rings. The quantitative estimate of drug-likeness (QED) is 0.780. The molecule has 10 heteroatoms. The molecule has 1 atom stereocenters. The molecule has 0 fully saturated rings. The van der Waals surface area contributed by atoms with Crippen molar-refractivity contribution in [3.8, 4) is 5.75 Å². The first-order chi connectivity index (χ1) is 13.1. The summed E-state index contributed by atoms with van der Waals surface area (Å²) < 4.78 is 54.1. The number of hydrogen-bond acceptors (Lipinski definition) is 4. The maximum atomic E-state index is 12.5. The summed E-state index contributed by atoms with van der Waals surface area (Å²) in [5.74, 6) is -0.631. The summed E-state index contributed by atoms with van der Waals surface area (Å²) in [6.45, 7) is -1.20. The van der Waals surface area contributed by atoms with Crippen molar-refractivity contribution in [2.75, 3.05) is 15.9 Å². The zero-order chi connectivity index (χ0) is 20.6. The third-order valence-corrected chi connectivity index (χ3v) is 5.82. The summed E-state index contributed by atoms with van der Waals surface area (Å²) in [6, 6.07) is 8.47. The Morgan fingerprint density at radius 2 is 2.00 bits per heavy atom. The van der Waals surface area contributed by atoms with E-state index in [1.165, 1.54) is 28.6 Å². The van der Waals surface area contributed by atoms with Crippen LogP contribution in [0.1, 0.15) is 22.8 Å². The maximum Gasteiger partial charge on any atom is 0.387 e. The molecule has 1 heterocycles. The van der Waals surface area contributed by atoms with E-state index in [2.05, 4.69) is 10.1 Å². The van der Waals surface area contributed by atoms with Crippen LogP contribution in [0.2, 0.25) is 5.02 Å². The predicted molar refractivity (Wildman–Crippen MR) is 103 cm³/mol. The van der Waals surface area contributed by atoms with Crippen LogP contribution in [0, 0.1) is 0 Å². The van der Waals surface area contributed by atoms with Crippen LogP contribution in [0.4, 0.5) is 20.2 Å².